The van der Waals surface area contributed by atoms with E-state index in [1.165, 1.54) is 30.9 Å². The number of hydrogen-bond acceptors (Lipinski definition) is 3. The fourth-order valence-electron chi connectivity index (χ4n) is 3.30. The Kier molecular flexibility index (Phi) is 6.60. The second-order valence-electron chi connectivity index (χ2n) is 6.64. The maximum absolute atomic E-state index is 13.3. The Bertz CT molecular complexity index is 857. The van der Waals surface area contributed by atoms with E-state index in [1.807, 2.05) is 29.2 Å². The Hall–Kier alpha value is -2.93. The van der Waals surface area contributed by atoms with E-state index in [4.69, 9.17) is 4.74 Å². The summed E-state index contributed by atoms with van der Waals surface area (Å²) in [5.41, 5.74) is 3.23. The molecule has 3 rings (SSSR count). The second-order valence-corrected chi connectivity index (χ2v) is 6.64. The molecule has 0 unspecified atom stereocenters. The minimum Gasteiger partial charge on any atom is -0.380 e. The Morgan fingerprint density at radius 3 is 2.86 bits per heavy atom. The number of hydrogen-bond donors (Lipinski definition) is 2. The minimum atomic E-state index is -0.400. The van der Waals surface area contributed by atoms with Gasteiger partial charge in [0.25, 0.3) is 0 Å². The number of carbonyl (C=O) groups is 2. The van der Waals surface area contributed by atoms with Crippen molar-refractivity contribution >= 4 is 23.3 Å². The van der Waals surface area contributed by atoms with Gasteiger partial charge in [-0.05, 0) is 42.7 Å². The van der Waals surface area contributed by atoms with Crippen molar-refractivity contribution in [1.29, 1.82) is 0 Å². The number of urea groups is 1. The first-order chi connectivity index (χ1) is 13.6. The summed E-state index contributed by atoms with van der Waals surface area (Å²) in [4.78, 5) is 26.3. The molecule has 0 bridgehead atoms. The lowest BCUT2D eigenvalue weighted by atomic mass is 10.2. The van der Waals surface area contributed by atoms with Crippen LogP contribution in [0.15, 0.2) is 42.5 Å². The van der Waals surface area contributed by atoms with Gasteiger partial charge in [0.1, 0.15) is 5.82 Å². The average Bonchev–Trinajstić information content (AvgIpc) is 3.12. The van der Waals surface area contributed by atoms with E-state index >= 15 is 0 Å². The van der Waals surface area contributed by atoms with Gasteiger partial charge in [-0.3, -0.25) is 4.79 Å². The summed E-state index contributed by atoms with van der Waals surface area (Å²) in [7, 11) is 1.50. The maximum Gasteiger partial charge on any atom is 0.319 e. The number of nitrogens with one attached hydrogen (secondary N) is 2. The third-order valence-corrected chi connectivity index (χ3v) is 4.66. The molecule has 148 valence electrons. The van der Waals surface area contributed by atoms with E-state index in [1.54, 1.807) is 0 Å². The Morgan fingerprint density at radius 2 is 2.04 bits per heavy atom. The lowest BCUT2D eigenvalue weighted by Crippen LogP contribution is -2.32. The first-order valence-electron chi connectivity index (χ1n) is 9.29. The smallest absolute Gasteiger partial charge is 0.319 e. The van der Waals surface area contributed by atoms with Crippen molar-refractivity contribution in [1.82, 2.24) is 5.32 Å². The molecule has 1 heterocycles. The van der Waals surface area contributed by atoms with Crippen LogP contribution in [0, 0.1) is 5.82 Å². The van der Waals surface area contributed by atoms with Crippen molar-refractivity contribution in [2.24, 2.45) is 0 Å². The van der Waals surface area contributed by atoms with Gasteiger partial charge in [0.15, 0.2) is 0 Å². The van der Waals surface area contributed by atoms with Crippen LogP contribution < -0.4 is 15.5 Å². The minimum absolute atomic E-state index is 0.0630. The van der Waals surface area contributed by atoms with E-state index in [9.17, 15) is 14.0 Å². The summed E-state index contributed by atoms with van der Waals surface area (Å²) in [6.45, 7) is 1.27. The number of benzene rings is 2. The maximum atomic E-state index is 13.3. The van der Waals surface area contributed by atoms with Gasteiger partial charge in [0.05, 0.1) is 6.61 Å². The highest BCUT2D eigenvalue weighted by Crippen LogP contribution is 2.28. The van der Waals surface area contributed by atoms with Gasteiger partial charge in [-0.15, -0.1) is 0 Å². The molecule has 0 aliphatic carbocycles. The van der Waals surface area contributed by atoms with Crippen LogP contribution in [-0.2, 0) is 22.6 Å². The van der Waals surface area contributed by atoms with Crippen LogP contribution in [0.5, 0.6) is 0 Å². The zero-order valence-corrected chi connectivity index (χ0v) is 15.8. The van der Waals surface area contributed by atoms with E-state index in [0.29, 0.717) is 37.2 Å². The molecule has 2 aromatic carbocycles. The van der Waals surface area contributed by atoms with Gasteiger partial charge in [0, 0.05) is 43.6 Å². The summed E-state index contributed by atoms with van der Waals surface area (Å²) >= 11 is 0. The molecule has 3 amide bonds. The molecule has 0 atom stereocenters. The average molecular weight is 385 g/mol. The molecular weight excluding hydrogens is 361 g/mol. The fraction of sp³-hybridized carbons (Fsp3) is 0.333. The van der Waals surface area contributed by atoms with Gasteiger partial charge in [-0.25, -0.2) is 9.18 Å². The molecule has 0 saturated carbocycles. The molecule has 0 saturated heterocycles. The topological polar surface area (TPSA) is 70.7 Å². The molecule has 7 heteroatoms. The van der Waals surface area contributed by atoms with Crippen LogP contribution in [0.25, 0.3) is 0 Å². The number of para-hydroxylation sites is 1. The number of anilines is 2. The number of methoxy groups -OCH3 is 1. The van der Waals surface area contributed by atoms with Gasteiger partial charge in [-0.1, -0.05) is 18.2 Å². The summed E-state index contributed by atoms with van der Waals surface area (Å²) in [6, 6.07) is 11.6. The molecule has 0 radical (unpaired) electrons. The molecule has 2 N–H and O–H groups in total. The third-order valence-electron chi connectivity index (χ3n) is 4.66. The summed E-state index contributed by atoms with van der Waals surface area (Å²) in [5.74, 6) is -0.326. The number of halogens is 1. The van der Waals surface area contributed by atoms with E-state index in [0.717, 1.165) is 12.1 Å². The molecule has 1 aliphatic rings. The zero-order valence-electron chi connectivity index (χ0n) is 15.8. The van der Waals surface area contributed by atoms with Crippen LogP contribution in [0.1, 0.15) is 24.0 Å². The van der Waals surface area contributed by atoms with E-state index in [2.05, 4.69) is 10.6 Å². The van der Waals surface area contributed by atoms with Crippen LogP contribution in [0.4, 0.5) is 20.6 Å². The zero-order chi connectivity index (χ0) is 19.9. The lowest BCUT2D eigenvalue weighted by Gasteiger charge is -2.17. The van der Waals surface area contributed by atoms with Crippen molar-refractivity contribution in [3.8, 4) is 0 Å². The summed E-state index contributed by atoms with van der Waals surface area (Å²) in [5, 5.41) is 5.41. The van der Waals surface area contributed by atoms with Crippen LogP contribution in [0.3, 0.4) is 0 Å². The predicted octanol–water partition coefficient (Wildman–Crippen LogP) is 3.46. The standard InChI is InChI=1S/C21H24FN3O3/c1-28-14-16-13-17(22)8-9-18(16)24-21(27)23-11-4-7-20(26)25-12-10-15-5-2-3-6-19(15)25/h2-3,5-6,8-9,13H,4,7,10-12,14H2,1H3,(H2,23,24,27). The molecule has 0 aromatic heterocycles. The third kappa shape index (κ3) is 4.86. The molecule has 2 aromatic rings. The Balaban J connectivity index is 1.43. The summed E-state index contributed by atoms with van der Waals surface area (Å²) in [6.07, 6.45) is 1.78. The van der Waals surface area contributed by atoms with E-state index < -0.39 is 6.03 Å². The lowest BCUT2D eigenvalue weighted by molar-refractivity contribution is -0.118. The molecule has 0 spiro atoms. The number of ether oxygens (including phenoxy) is 1. The Morgan fingerprint density at radius 1 is 1.21 bits per heavy atom. The number of fused-ring (bicyclic) bond motifs is 1. The summed E-state index contributed by atoms with van der Waals surface area (Å²) < 4.78 is 18.4. The molecular formula is C21H24FN3O3. The Labute approximate surface area is 163 Å². The van der Waals surface area contributed by atoms with Crippen LogP contribution in [0.2, 0.25) is 0 Å². The first kappa shape index (κ1) is 19.8. The highest BCUT2D eigenvalue weighted by molar-refractivity contribution is 5.95. The van der Waals surface area contributed by atoms with Crippen molar-refractivity contribution in [2.45, 2.75) is 25.9 Å². The molecule has 28 heavy (non-hydrogen) atoms. The van der Waals surface area contributed by atoms with Gasteiger partial charge >= 0.3 is 6.03 Å². The monoisotopic (exact) mass is 385 g/mol. The molecule has 1 aliphatic heterocycles. The van der Waals surface area contributed by atoms with Crippen molar-refractivity contribution in [3.63, 3.8) is 0 Å². The number of nitrogens with zero attached hydrogens (tertiary/aromatic N) is 1. The highest BCUT2D eigenvalue weighted by atomic mass is 19.1. The van der Waals surface area contributed by atoms with Crippen molar-refractivity contribution in [3.05, 3.63) is 59.4 Å². The van der Waals surface area contributed by atoms with Crippen LogP contribution in [-0.4, -0.2) is 32.1 Å². The molecule has 0 fully saturated rings. The number of rotatable bonds is 7. The SMILES string of the molecule is COCc1cc(F)ccc1NC(=O)NCCCC(=O)N1CCc2ccccc21. The van der Waals surface area contributed by atoms with Crippen LogP contribution >= 0.6 is 0 Å². The number of amides is 3. The normalized spacial score (nSPS) is 12.6. The van der Waals surface area contributed by atoms with Crippen molar-refractivity contribution in [2.75, 3.05) is 30.4 Å². The molecule has 6 nitrogen and oxygen atoms in total. The van der Waals surface area contributed by atoms with Crippen molar-refractivity contribution < 1.29 is 18.7 Å². The van der Waals surface area contributed by atoms with Gasteiger partial charge in [-0.2, -0.15) is 0 Å². The number of carbonyl (C=O) groups excluding carboxylic acids is 2. The largest absolute Gasteiger partial charge is 0.380 e. The quantitative estimate of drug-likeness (QED) is 0.717. The second kappa shape index (κ2) is 9.32. The fourth-order valence-corrected chi connectivity index (χ4v) is 3.30. The highest BCUT2D eigenvalue weighted by Gasteiger charge is 2.23. The van der Waals surface area contributed by atoms with E-state index in [-0.39, 0.29) is 18.3 Å². The predicted molar refractivity (Wildman–Crippen MR) is 106 cm³/mol. The van der Waals surface area contributed by atoms with Gasteiger partial charge in [0.2, 0.25) is 5.91 Å². The first-order valence-corrected chi connectivity index (χ1v) is 9.29. The van der Waals surface area contributed by atoms with Gasteiger partial charge < -0.3 is 20.3 Å².